The van der Waals surface area contributed by atoms with E-state index in [2.05, 4.69) is 25.7 Å². The van der Waals surface area contributed by atoms with Crippen molar-refractivity contribution in [2.24, 2.45) is 17.8 Å². The normalized spacial score (nSPS) is 46.8. The van der Waals surface area contributed by atoms with Crippen LogP contribution in [0, 0.1) is 17.8 Å². The molecule has 3 aliphatic rings. The monoisotopic (exact) mass is 251 g/mol. The lowest BCUT2D eigenvalue weighted by molar-refractivity contribution is -0.217. The van der Waals surface area contributed by atoms with Crippen LogP contribution < -0.4 is 0 Å². The standard InChI is InChI=1S/C15H25NO2/c1-9-5-6-11-12(7-9)18-13-8-10(2)14(17)16(13)15(11,3)4/h9-13H,5-8H2,1-4H3/t9-,10-,11-,12-,13+/m1/s1. The van der Waals surface area contributed by atoms with E-state index < -0.39 is 0 Å². The summed E-state index contributed by atoms with van der Waals surface area (Å²) in [6.45, 7) is 8.84. The maximum absolute atomic E-state index is 12.3. The average Bonchev–Trinajstić information content (AvgIpc) is 2.54. The quantitative estimate of drug-likeness (QED) is 0.662. The molecule has 18 heavy (non-hydrogen) atoms. The molecule has 3 rings (SSSR count). The highest BCUT2D eigenvalue weighted by Gasteiger charge is 2.55. The summed E-state index contributed by atoms with van der Waals surface area (Å²) in [7, 11) is 0. The van der Waals surface area contributed by atoms with Crippen LogP contribution in [-0.4, -0.2) is 28.7 Å². The van der Waals surface area contributed by atoms with E-state index in [1.54, 1.807) is 0 Å². The first-order valence-electron chi connectivity index (χ1n) is 7.40. The molecular weight excluding hydrogens is 226 g/mol. The van der Waals surface area contributed by atoms with Crippen molar-refractivity contribution in [1.82, 2.24) is 4.90 Å². The highest BCUT2D eigenvalue weighted by atomic mass is 16.5. The number of nitrogens with zero attached hydrogens (tertiary/aromatic N) is 1. The SMILES string of the molecule is C[C@@H]1CC[C@@H]2[C@@H](C1)O[C@H]1C[C@@H](C)C(=O)N1C2(C)C. The smallest absolute Gasteiger partial charge is 0.228 e. The van der Waals surface area contributed by atoms with Crippen LogP contribution >= 0.6 is 0 Å². The summed E-state index contributed by atoms with van der Waals surface area (Å²) in [4.78, 5) is 14.4. The van der Waals surface area contributed by atoms with Crippen molar-refractivity contribution < 1.29 is 9.53 Å². The van der Waals surface area contributed by atoms with E-state index in [0.29, 0.717) is 17.9 Å². The molecule has 0 unspecified atom stereocenters. The summed E-state index contributed by atoms with van der Waals surface area (Å²) in [6, 6.07) is 0. The third-order valence-electron chi connectivity index (χ3n) is 5.42. The van der Waals surface area contributed by atoms with Crippen molar-refractivity contribution >= 4 is 5.91 Å². The van der Waals surface area contributed by atoms with Gasteiger partial charge in [-0.2, -0.15) is 0 Å². The Morgan fingerprint density at radius 1 is 1.22 bits per heavy atom. The molecule has 3 nitrogen and oxygen atoms in total. The second kappa shape index (κ2) is 3.96. The zero-order chi connectivity index (χ0) is 13.1. The molecule has 3 fully saturated rings. The first kappa shape index (κ1) is 12.5. The molecule has 2 aliphatic heterocycles. The van der Waals surface area contributed by atoms with Gasteiger partial charge in [0.1, 0.15) is 6.23 Å². The molecule has 1 amide bonds. The Morgan fingerprint density at radius 3 is 2.67 bits per heavy atom. The number of carbonyl (C=O) groups is 1. The zero-order valence-corrected chi connectivity index (χ0v) is 12.0. The molecule has 0 spiro atoms. The lowest BCUT2D eigenvalue weighted by Gasteiger charge is -2.55. The van der Waals surface area contributed by atoms with E-state index in [-0.39, 0.29) is 17.7 Å². The van der Waals surface area contributed by atoms with E-state index in [1.165, 1.54) is 19.3 Å². The molecule has 0 radical (unpaired) electrons. The van der Waals surface area contributed by atoms with Crippen LogP contribution in [0.3, 0.4) is 0 Å². The minimum atomic E-state index is -0.0322. The lowest BCUT2D eigenvalue weighted by atomic mass is 9.70. The molecule has 3 heteroatoms. The Balaban J connectivity index is 1.91. The highest BCUT2D eigenvalue weighted by molar-refractivity contribution is 5.81. The Labute approximate surface area is 110 Å². The predicted molar refractivity (Wildman–Crippen MR) is 69.9 cm³/mol. The van der Waals surface area contributed by atoms with Gasteiger partial charge in [0, 0.05) is 23.8 Å². The number of hydrogen-bond donors (Lipinski definition) is 0. The fourth-order valence-corrected chi connectivity index (χ4v) is 4.33. The molecular formula is C15H25NO2. The summed E-state index contributed by atoms with van der Waals surface area (Å²) in [6.07, 6.45) is 4.91. The minimum Gasteiger partial charge on any atom is -0.355 e. The Hall–Kier alpha value is -0.570. The molecule has 2 saturated heterocycles. The van der Waals surface area contributed by atoms with Crippen molar-refractivity contribution in [3.8, 4) is 0 Å². The predicted octanol–water partition coefficient (Wildman–Crippen LogP) is 2.79. The molecule has 0 aromatic carbocycles. The van der Waals surface area contributed by atoms with Crippen molar-refractivity contribution in [3.63, 3.8) is 0 Å². The van der Waals surface area contributed by atoms with Crippen molar-refractivity contribution in [1.29, 1.82) is 0 Å². The third-order valence-corrected chi connectivity index (χ3v) is 5.42. The topological polar surface area (TPSA) is 29.5 Å². The molecule has 2 heterocycles. The molecule has 0 aromatic rings. The van der Waals surface area contributed by atoms with Crippen LogP contribution in [0.15, 0.2) is 0 Å². The van der Waals surface area contributed by atoms with Crippen LogP contribution in [0.5, 0.6) is 0 Å². The van der Waals surface area contributed by atoms with Crippen LogP contribution in [0.25, 0.3) is 0 Å². The summed E-state index contributed by atoms with van der Waals surface area (Å²) < 4.78 is 6.27. The Kier molecular flexibility index (Phi) is 2.74. The van der Waals surface area contributed by atoms with Gasteiger partial charge in [0.05, 0.1) is 6.10 Å². The van der Waals surface area contributed by atoms with E-state index in [1.807, 2.05) is 6.92 Å². The molecule has 0 aromatic heterocycles. The molecule has 0 N–H and O–H groups in total. The number of amides is 1. The van der Waals surface area contributed by atoms with Gasteiger partial charge in [0.25, 0.3) is 0 Å². The molecule has 0 bridgehead atoms. The Morgan fingerprint density at radius 2 is 1.94 bits per heavy atom. The van der Waals surface area contributed by atoms with Gasteiger partial charge in [-0.25, -0.2) is 0 Å². The number of hydrogen-bond acceptors (Lipinski definition) is 2. The highest BCUT2D eigenvalue weighted by Crippen LogP contribution is 2.48. The molecule has 1 saturated carbocycles. The van der Waals surface area contributed by atoms with Gasteiger partial charge in [-0.15, -0.1) is 0 Å². The minimum absolute atomic E-state index is 0.0322. The zero-order valence-electron chi connectivity index (χ0n) is 12.0. The largest absolute Gasteiger partial charge is 0.355 e. The molecule has 1 aliphatic carbocycles. The number of rotatable bonds is 0. The van der Waals surface area contributed by atoms with Crippen LogP contribution in [0.4, 0.5) is 0 Å². The van der Waals surface area contributed by atoms with Gasteiger partial charge in [-0.1, -0.05) is 20.3 Å². The lowest BCUT2D eigenvalue weighted by Crippen LogP contribution is -2.63. The number of carbonyl (C=O) groups excluding carboxylic acids is 1. The van der Waals surface area contributed by atoms with Crippen molar-refractivity contribution in [3.05, 3.63) is 0 Å². The van der Waals surface area contributed by atoms with E-state index >= 15 is 0 Å². The van der Waals surface area contributed by atoms with E-state index in [0.717, 1.165) is 12.3 Å². The second-order valence-electron chi connectivity index (χ2n) is 7.15. The molecule has 5 atom stereocenters. The van der Waals surface area contributed by atoms with Crippen LogP contribution in [0.2, 0.25) is 0 Å². The number of ether oxygens (including phenoxy) is 1. The maximum atomic E-state index is 12.3. The van der Waals surface area contributed by atoms with Crippen LogP contribution in [-0.2, 0) is 9.53 Å². The van der Waals surface area contributed by atoms with Gasteiger partial charge in [0.2, 0.25) is 5.91 Å². The van der Waals surface area contributed by atoms with Gasteiger partial charge >= 0.3 is 0 Å². The van der Waals surface area contributed by atoms with E-state index in [4.69, 9.17) is 4.74 Å². The second-order valence-corrected chi connectivity index (χ2v) is 7.15. The van der Waals surface area contributed by atoms with Crippen molar-refractivity contribution in [2.75, 3.05) is 0 Å². The number of fused-ring (bicyclic) bond motifs is 2. The van der Waals surface area contributed by atoms with Crippen molar-refractivity contribution in [2.45, 2.75) is 71.2 Å². The average molecular weight is 251 g/mol. The van der Waals surface area contributed by atoms with Gasteiger partial charge < -0.3 is 9.64 Å². The maximum Gasteiger partial charge on any atom is 0.228 e. The summed E-state index contributed by atoms with van der Waals surface area (Å²) in [5, 5.41) is 0. The summed E-state index contributed by atoms with van der Waals surface area (Å²) in [5.41, 5.74) is -0.0322. The summed E-state index contributed by atoms with van der Waals surface area (Å²) in [5.74, 6) is 1.70. The van der Waals surface area contributed by atoms with Gasteiger partial charge in [-0.3, -0.25) is 4.79 Å². The Bertz CT molecular complexity index is 366. The summed E-state index contributed by atoms with van der Waals surface area (Å²) >= 11 is 0. The van der Waals surface area contributed by atoms with Gasteiger partial charge in [0.15, 0.2) is 0 Å². The van der Waals surface area contributed by atoms with Crippen LogP contribution in [0.1, 0.15) is 53.4 Å². The first-order valence-corrected chi connectivity index (χ1v) is 7.40. The first-order chi connectivity index (χ1) is 8.41. The van der Waals surface area contributed by atoms with E-state index in [9.17, 15) is 4.79 Å². The third kappa shape index (κ3) is 1.63. The fourth-order valence-electron chi connectivity index (χ4n) is 4.33. The fraction of sp³-hybridized carbons (Fsp3) is 0.933. The molecule has 102 valence electrons. The van der Waals surface area contributed by atoms with Gasteiger partial charge in [-0.05, 0) is 32.6 Å².